The summed E-state index contributed by atoms with van der Waals surface area (Å²) in [7, 11) is 1.56. The molecule has 202 valence electrons. The van der Waals surface area contributed by atoms with E-state index < -0.39 is 12.0 Å². The SMILES string of the molecule is COCCOC(CONC(C)=O)C(COCc1ccccc1)C(=O)Nc1ccc(Oc2ccccc2)cc1. The number of nitrogens with one attached hydrogen (secondary N) is 2. The fourth-order valence-corrected chi connectivity index (χ4v) is 3.48. The molecule has 0 aromatic heterocycles. The molecule has 0 aliphatic carbocycles. The Labute approximate surface area is 223 Å². The molecule has 0 bridgehead atoms. The van der Waals surface area contributed by atoms with E-state index in [4.69, 9.17) is 23.8 Å². The molecular weight excluding hydrogens is 488 g/mol. The second kappa shape index (κ2) is 16.2. The van der Waals surface area contributed by atoms with Gasteiger partial charge in [0.05, 0.1) is 38.4 Å². The van der Waals surface area contributed by atoms with Crippen LogP contribution in [0.2, 0.25) is 0 Å². The summed E-state index contributed by atoms with van der Waals surface area (Å²) in [5.41, 5.74) is 3.85. The van der Waals surface area contributed by atoms with E-state index in [0.717, 1.165) is 11.3 Å². The number of carbonyl (C=O) groups excluding carboxylic acids is 2. The zero-order valence-electron chi connectivity index (χ0n) is 21.6. The first-order chi connectivity index (χ1) is 18.5. The lowest BCUT2D eigenvalue weighted by Gasteiger charge is -2.26. The summed E-state index contributed by atoms with van der Waals surface area (Å²) in [6, 6.07) is 26.2. The molecule has 3 rings (SSSR count). The van der Waals surface area contributed by atoms with E-state index in [2.05, 4.69) is 10.8 Å². The van der Waals surface area contributed by atoms with Crippen molar-refractivity contribution in [2.24, 2.45) is 5.92 Å². The minimum absolute atomic E-state index is 0.0556. The highest BCUT2D eigenvalue weighted by atomic mass is 16.7. The number of ether oxygens (including phenoxy) is 4. The molecule has 2 atom stereocenters. The number of hydrogen-bond acceptors (Lipinski definition) is 7. The molecule has 0 saturated carbocycles. The highest BCUT2D eigenvalue weighted by molar-refractivity contribution is 5.93. The van der Waals surface area contributed by atoms with Crippen molar-refractivity contribution in [3.05, 3.63) is 90.5 Å². The van der Waals surface area contributed by atoms with Gasteiger partial charge in [0, 0.05) is 19.7 Å². The van der Waals surface area contributed by atoms with Crippen LogP contribution in [0.5, 0.6) is 11.5 Å². The summed E-state index contributed by atoms with van der Waals surface area (Å²) in [5.74, 6) is -0.0652. The van der Waals surface area contributed by atoms with Gasteiger partial charge < -0.3 is 24.3 Å². The van der Waals surface area contributed by atoms with Gasteiger partial charge in [-0.15, -0.1) is 0 Å². The first-order valence-corrected chi connectivity index (χ1v) is 12.3. The van der Waals surface area contributed by atoms with Crippen molar-refractivity contribution >= 4 is 17.5 Å². The molecule has 0 saturated heterocycles. The van der Waals surface area contributed by atoms with Crippen LogP contribution in [0.4, 0.5) is 5.69 Å². The Balaban J connectivity index is 1.69. The van der Waals surface area contributed by atoms with E-state index in [1.165, 1.54) is 6.92 Å². The van der Waals surface area contributed by atoms with Gasteiger partial charge in [0.1, 0.15) is 18.1 Å². The summed E-state index contributed by atoms with van der Waals surface area (Å²) in [4.78, 5) is 30.0. The molecule has 3 aromatic carbocycles. The minimum Gasteiger partial charge on any atom is -0.457 e. The maximum absolute atomic E-state index is 13.4. The van der Waals surface area contributed by atoms with E-state index in [9.17, 15) is 9.59 Å². The molecule has 2 unspecified atom stereocenters. The van der Waals surface area contributed by atoms with E-state index in [0.29, 0.717) is 24.7 Å². The fourth-order valence-electron chi connectivity index (χ4n) is 3.48. The zero-order valence-corrected chi connectivity index (χ0v) is 21.6. The number of hydroxylamine groups is 1. The average Bonchev–Trinajstić information content (AvgIpc) is 2.92. The van der Waals surface area contributed by atoms with E-state index >= 15 is 0 Å². The Morgan fingerprint density at radius 1 is 0.816 bits per heavy atom. The van der Waals surface area contributed by atoms with Crippen molar-refractivity contribution in [3.8, 4) is 11.5 Å². The lowest BCUT2D eigenvalue weighted by Crippen LogP contribution is -2.42. The van der Waals surface area contributed by atoms with Crippen LogP contribution in [-0.2, 0) is 35.2 Å². The van der Waals surface area contributed by atoms with Crippen molar-refractivity contribution in [3.63, 3.8) is 0 Å². The smallest absolute Gasteiger partial charge is 0.240 e. The Kier molecular flexibility index (Phi) is 12.2. The minimum atomic E-state index is -0.746. The Morgan fingerprint density at radius 2 is 1.47 bits per heavy atom. The monoisotopic (exact) mass is 522 g/mol. The summed E-state index contributed by atoms with van der Waals surface area (Å²) in [6.45, 7) is 2.24. The maximum Gasteiger partial charge on any atom is 0.240 e. The molecule has 0 spiro atoms. The summed E-state index contributed by atoms with van der Waals surface area (Å²) >= 11 is 0. The molecular formula is C29H34N2O7. The van der Waals surface area contributed by atoms with Crippen LogP contribution >= 0.6 is 0 Å². The first kappa shape index (κ1) is 28.8. The molecule has 2 N–H and O–H groups in total. The quantitative estimate of drug-likeness (QED) is 0.213. The largest absolute Gasteiger partial charge is 0.457 e. The van der Waals surface area contributed by atoms with Crippen LogP contribution < -0.4 is 15.5 Å². The summed E-state index contributed by atoms with van der Waals surface area (Å²) in [6.07, 6.45) is -0.714. The zero-order chi connectivity index (χ0) is 27.0. The van der Waals surface area contributed by atoms with Gasteiger partial charge in [-0.25, -0.2) is 5.48 Å². The number of para-hydroxylation sites is 1. The second-order valence-corrected chi connectivity index (χ2v) is 8.41. The van der Waals surface area contributed by atoms with E-state index in [1.807, 2.05) is 60.7 Å². The van der Waals surface area contributed by atoms with E-state index in [1.54, 1.807) is 31.4 Å². The average molecular weight is 523 g/mol. The van der Waals surface area contributed by atoms with Crippen LogP contribution in [-0.4, -0.2) is 51.5 Å². The van der Waals surface area contributed by atoms with Crippen molar-refractivity contribution in [2.45, 2.75) is 19.6 Å². The third-order valence-electron chi connectivity index (χ3n) is 5.38. The highest BCUT2D eigenvalue weighted by Gasteiger charge is 2.30. The number of carbonyl (C=O) groups is 2. The van der Waals surface area contributed by atoms with Crippen LogP contribution in [0, 0.1) is 5.92 Å². The number of anilines is 1. The predicted molar refractivity (Wildman–Crippen MR) is 143 cm³/mol. The van der Waals surface area contributed by atoms with Gasteiger partial charge in [-0.1, -0.05) is 48.5 Å². The summed E-state index contributed by atoms with van der Waals surface area (Å²) < 4.78 is 22.7. The standard InChI is InChI=1S/C29H34N2O7/c1-22(32)31-37-21-28(36-18-17-34-2)27(20-35-19-23-9-5-3-6-10-23)29(33)30-24-13-15-26(16-14-24)38-25-11-7-4-8-12-25/h3-16,27-28H,17-21H2,1-2H3,(H,30,33)(H,31,32). The Hall–Kier alpha value is -3.76. The van der Waals surface area contributed by atoms with Gasteiger partial charge >= 0.3 is 0 Å². The second-order valence-electron chi connectivity index (χ2n) is 8.41. The normalized spacial score (nSPS) is 12.4. The van der Waals surface area contributed by atoms with Gasteiger partial charge in [-0.05, 0) is 42.0 Å². The Morgan fingerprint density at radius 3 is 2.13 bits per heavy atom. The number of methoxy groups -OCH3 is 1. The Bertz CT molecular complexity index is 1090. The van der Waals surface area contributed by atoms with Crippen molar-refractivity contribution in [1.82, 2.24) is 5.48 Å². The van der Waals surface area contributed by atoms with Crippen LogP contribution in [0.25, 0.3) is 0 Å². The molecule has 0 aliphatic rings. The van der Waals surface area contributed by atoms with Gasteiger partial charge in [0.15, 0.2) is 0 Å². The van der Waals surface area contributed by atoms with Crippen LogP contribution in [0.3, 0.4) is 0 Å². The molecule has 38 heavy (non-hydrogen) atoms. The number of rotatable bonds is 16. The number of benzene rings is 3. The van der Waals surface area contributed by atoms with Gasteiger partial charge in [-0.2, -0.15) is 0 Å². The van der Waals surface area contributed by atoms with Crippen molar-refractivity contribution < 1.29 is 33.4 Å². The third-order valence-corrected chi connectivity index (χ3v) is 5.38. The number of amides is 2. The van der Waals surface area contributed by atoms with Crippen LogP contribution in [0.1, 0.15) is 12.5 Å². The first-order valence-electron chi connectivity index (χ1n) is 12.3. The summed E-state index contributed by atoms with van der Waals surface area (Å²) in [5, 5.41) is 2.92. The highest BCUT2D eigenvalue weighted by Crippen LogP contribution is 2.23. The molecule has 0 aliphatic heterocycles. The van der Waals surface area contributed by atoms with Crippen LogP contribution in [0.15, 0.2) is 84.9 Å². The lowest BCUT2D eigenvalue weighted by molar-refractivity contribution is -0.144. The van der Waals surface area contributed by atoms with Crippen molar-refractivity contribution in [1.29, 1.82) is 0 Å². The molecule has 2 amide bonds. The molecule has 9 nitrogen and oxygen atoms in total. The van der Waals surface area contributed by atoms with Gasteiger partial charge in [0.2, 0.25) is 11.8 Å². The fraction of sp³-hybridized carbons (Fsp3) is 0.310. The number of hydrogen-bond donors (Lipinski definition) is 2. The molecule has 0 radical (unpaired) electrons. The predicted octanol–water partition coefficient (Wildman–Crippen LogP) is 4.35. The molecule has 9 heteroatoms. The topological polar surface area (TPSA) is 104 Å². The van der Waals surface area contributed by atoms with Gasteiger partial charge in [0.25, 0.3) is 0 Å². The molecule has 3 aromatic rings. The van der Waals surface area contributed by atoms with E-state index in [-0.39, 0.29) is 31.6 Å². The third kappa shape index (κ3) is 10.3. The lowest BCUT2D eigenvalue weighted by atomic mass is 10.0. The maximum atomic E-state index is 13.4. The van der Waals surface area contributed by atoms with Gasteiger partial charge in [-0.3, -0.25) is 14.4 Å². The molecule has 0 heterocycles. The van der Waals surface area contributed by atoms with Crippen molar-refractivity contribution in [2.75, 3.05) is 38.9 Å². The molecule has 0 fully saturated rings.